The van der Waals surface area contributed by atoms with Gasteiger partial charge in [0.1, 0.15) is 0 Å². The third-order valence-corrected chi connectivity index (χ3v) is 1.93. The van der Waals surface area contributed by atoms with E-state index >= 15 is 0 Å². The summed E-state index contributed by atoms with van der Waals surface area (Å²) in [5.41, 5.74) is 1.11. The third kappa shape index (κ3) is 1.12. The molecule has 64 valence electrons. The fraction of sp³-hybridized carbons (Fsp3) is 0. The summed E-state index contributed by atoms with van der Waals surface area (Å²) < 4.78 is 0. The van der Waals surface area contributed by atoms with E-state index in [-0.39, 0.29) is 11.5 Å². The van der Waals surface area contributed by atoms with Crippen LogP contribution in [0.3, 0.4) is 0 Å². The van der Waals surface area contributed by atoms with E-state index in [1.807, 2.05) is 0 Å². The Labute approximate surface area is 73.6 Å². The Hall–Kier alpha value is -1.97. The zero-order chi connectivity index (χ0) is 9.42. The van der Waals surface area contributed by atoms with Crippen molar-refractivity contribution in [3.63, 3.8) is 0 Å². The number of hydrogen-bond acceptors (Lipinski definition) is 3. The lowest BCUT2D eigenvalue weighted by molar-refractivity contribution is -0.384. The number of non-ortho nitro benzene ring substituents is 1. The van der Waals surface area contributed by atoms with Crippen LogP contribution < -0.4 is 0 Å². The number of hydrogen-bond donors (Lipinski definition) is 0. The molecule has 0 amide bonds. The van der Waals surface area contributed by atoms with Crippen LogP contribution in [0.5, 0.6) is 0 Å². The number of carbonyl (C=O) groups excluding carboxylic acids is 1. The normalized spacial score (nSPS) is 13.1. The van der Waals surface area contributed by atoms with Crippen molar-refractivity contribution in [1.29, 1.82) is 0 Å². The Bertz CT molecular complexity index is 434. The summed E-state index contributed by atoms with van der Waals surface area (Å²) in [5, 5.41) is 10.4. The number of allylic oxidation sites excluding steroid dienone is 1. The van der Waals surface area contributed by atoms with Crippen molar-refractivity contribution >= 4 is 17.5 Å². The first-order chi connectivity index (χ1) is 6.18. The van der Waals surface area contributed by atoms with E-state index in [1.54, 1.807) is 12.1 Å². The Morgan fingerprint density at radius 3 is 2.69 bits per heavy atom. The molecule has 1 aromatic rings. The van der Waals surface area contributed by atoms with Crippen molar-refractivity contribution < 1.29 is 9.72 Å². The lowest BCUT2D eigenvalue weighted by atomic mass is 10.1. The number of ketones is 1. The van der Waals surface area contributed by atoms with E-state index < -0.39 is 4.92 Å². The number of nitrogens with zero attached hydrogens (tertiary/aromatic N) is 1. The third-order valence-electron chi connectivity index (χ3n) is 1.93. The summed E-state index contributed by atoms with van der Waals surface area (Å²) in [7, 11) is 0. The van der Waals surface area contributed by atoms with Gasteiger partial charge in [0.15, 0.2) is 5.78 Å². The van der Waals surface area contributed by atoms with Crippen LogP contribution >= 0.6 is 0 Å². The van der Waals surface area contributed by atoms with Gasteiger partial charge < -0.3 is 0 Å². The van der Waals surface area contributed by atoms with Gasteiger partial charge in [-0.05, 0) is 17.7 Å². The maximum absolute atomic E-state index is 11.1. The molecule has 4 heteroatoms. The fourth-order valence-electron chi connectivity index (χ4n) is 1.27. The minimum absolute atomic E-state index is 0.0456. The molecule has 0 heterocycles. The van der Waals surface area contributed by atoms with E-state index in [1.165, 1.54) is 18.2 Å². The zero-order valence-corrected chi connectivity index (χ0v) is 6.56. The summed E-state index contributed by atoms with van der Waals surface area (Å²) in [6.45, 7) is 0. The summed E-state index contributed by atoms with van der Waals surface area (Å²) in [6.07, 6.45) is 3.07. The fourth-order valence-corrected chi connectivity index (χ4v) is 1.27. The van der Waals surface area contributed by atoms with Gasteiger partial charge in [0.2, 0.25) is 0 Å². The lowest BCUT2D eigenvalue weighted by Gasteiger charge is -1.95. The van der Waals surface area contributed by atoms with Gasteiger partial charge in [-0.3, -0.25) is 14.9 Å². The van der Waals surface area contributed by atoms with Gasteiger partial charge in [-0.2, -0.15) is 0 Å². The summed E-state index contributed by atoms with van der Waals surface area (Å²) in [4.78, 5) is 21.0. The molecule has 0 saturated heterocycles. The highest BCUT2D eigenvalue weighted by Gasteiger charge is 2.17. The number of nitro groups is 1. The molecular weight excluding hydrogens is 170 g/mol. The van der Waals surface area contributed by atoms with E-state index in [0.717, 1.165) is 5.56 Å². The molecule has 1 aliphatic rings. The number of carbonyl (C=O) groups is 1. The molecule has 0 unspecified atom stereocenters. The second-order valence-electron chi connectivity index (χ2n) is 2.73. The van der Waals surface area contributed by atoms with Crippen molar-refractivity contribution in [2.24, 2.45) is 0 Å². The Morgan fingerprint density at radius 1 is 1.23 bits per heavy atom. The molecule has 0 saturated carbocycles. The molecule has 0 aromatic heterocycles. The highest BCUT2D eigenvalue weighted by Crippen LogP contribution is 2.23. The number of fused-ring (bicyclic) bond motifs is 1. The van der Waals surface area contributed by atoms with Crippen LogP contribution in [0.15, 0.2) is 24.3 Å². The first-order valence-electron chi connectivity index (χ1n) is 3.69. The summed E-state index contributed by atoms with van der Waals surface area (Å²) in [5.74, 6) is -0.168. The Morgan fingerprint density at radius 2 is 2.00 bits per heavy atom. The maximum atomic E-state index is 11.1. The molecule has 0 N–H and O–H groups in total. The Kier molecular flexibility index (Phi) is 1.48. The smallest absolute Gasteiger partial charge is 0.270 e. The van der Waals surface area contributed by atoms with E-state index in [0.29, 0.717) is 5.56 Å². The largest absolute Gasteiger partial charge is 0.289 e. The second kappa shape index (κ2) is 2.52. The van der Waals surface area contributed by atoms with Crippen molar-refractivity contribution in [3.8, 4) is 0 Å². The number of benzene rings is 1. The monoisotopic (exact) mass is 175 g/mol. The van der Waals surface area contributed by atoms with Gasteiger partial charge in [-0.1, -0.05) is 6.08 Å². The molecule has 13 heavy (non-hydrogen) atoms. The predicted octanol–water partition coefficient (Wildman–Crippen LogP) is 1.80. The first-order valence-corrected chi connectivity index (χ1v) is 3.69. The minimum Gasteiger partial charge on any atom is -0.289 e. The van der Waals surface area contributed by atoms with Gasteiger partial charge in [-0.15, -0.1) is 0 Å². The van der Waals surface area contributed by atoms with Crippen LogP contribution in [0, 0.1) is 10.1 Å². The van der Waals surface area contributed by atoms with Crippen molar-refractivity contribution in [2.75, 3.05) is 0 Å². The van der Waals surface area contributed by atoms with Crippen LogP contribution in [0.25, 0.3) is 6.08 Å². The summed E-state index contributed by atoms with van der Waals surface area (Å²) >= 11 is 0. The van der Waals surface area contributed by atoms with Gasteiger partial charge in [-0.25, -0.2) is 0 Å². The molecule has 2 rings (SSSR count). The number of nitro benzene ring substituents is 1. The molecule has 0 radical (unpaired) electrons. The van der Waals surface area contributed by atoms with E-state index in [4.69, 9.17) is 0 Å². The second-order valence-corrected chi connectivity index (χ2v) is 2.73. The zero-order valence-electron chi connectivity index (χ0n) is 6.56. The van der Waals surface area contributed by atoms with E-state index in [2.05, 4.69) is 0 Å². The topological polar surface area (TPSA) is 60.2 Å². The van der Waals surface area contributed by atoms with Crippen molar-refractivity contribution in [1.82, 2.24) is 0 Å². The van der Waals surface area contributed by atoms with Crippen LogP contribution in [0.1, 0.15) is 15.9 Å². The molecule has 0 bridgehead atoms. The molecule has 0 aliphatic heterocycles. The van der Waals surface area contributed by atoms with Gasteiger partial charge in [0.25, 0.3) is 5.69 Å². The highest BCUT2D eigenvalue weighted by molar-refractivity contribution is 6.13. The maximum Gasteiger partial charge on any atom is 0.270 e. The van der Waals surface area contributed by atoms with Gasteiger partial charge >= 0.3 is 0 Å². The summed E-state index contributed by atoms with van der Waals surface area (Å²) in [6, 6.07) is 4.27. The van der Waals surface area contributed by atoms with Crippen LogP contribution in [-0.2, 0) is 0 Å². The SMILES string of the molecule is O=C1C=Cc2ccc([N+](=O)[O-])cc21. The quantitative estimate of drug-likeness (QED) is 0.483. The molecule has 1 aromatic carbocycles. The minimum atomic E-state index is -0.508. The standard InChI is InChI=1S/C9H5NO3/c11-9-4-2-6-1-3-7(10(12)13)5-8(6)9/h1-5H. The van der Waals surface area contributed by atoms with E-state index in [9.17, 15) is 14.9 Å². The molecular formula is C9H5NO3. The van der Waals surface area contributed by atoms with Crippen molar-refractivity contribution in [2.45, 2.75) is 0 Å². The Balaban J connectivity index is 2.57. The molecule has 0 fully saturated rings. The molecule has 1 aliphatic carbocycles. The van der Waals surface area contributed by atoms with Crippen LogP contribution in [0.4, 0.5) is 5.69 Å². The average molecular weight is 175 g/mol. The average Bonchev–Trinajstić information content (AvgIpc) is 2.47. The molecule has 0 atom stereocenters. The van der Waals surface area contributed by atoms with Gasteiger partial charge in [0.05, 0.1) is 4.92 Å². The van der Waals surface area contributed by atoms with Crippen LogP contribution in [0.2, 0.25) is 0 Å². The van der Waals surface area contributed by atoms with Gasteiger partial charge in [0, 0.05) is 17.7 Å². The highest BCUT2D eigenvalue weighted by atomic mass is 16.6. The molecule has 4 nitrogen and oxygen atoms in total. The lowest BCUT2D eigenvalue weighted by Crippen LogP contribution is -1.94. The first kappa shape index (κ1) is 7.67. The van der Waals surface area contributed by atoms with Crippen LogP contribution in [-0.4, -0.2) is 10.7 Å². The predicted molar refractivity (Wildman–Crippen MR) is 46.5 cm³/mol. The molecule has 0 spiro atoms. The number of rotatable bonds is 1. The van der Waals surface area contributed by atoms with Crippen molar-refractivity contribution in [3.05, 3.63) is 45.5 Å².